The molecule has 0 saturated heterocycles. The first-order valence-corrected chi connectivity index (χ1v) is 47.4. The maximum absolute atomic E-state index is 6.35. The van der Waals surface area contributed by atoms with Crippen LogP contribution >= 0.6 is 46.4 Å². The molecule has 4 fully saturated rings. The third-order valence-corrected chi connectivity index (χ3v) is 27.2. The molecule has 0 radical (unpaired) electrons. The van der Waals surface area contributed by atoms with Gasteiger partial charge in [-0.1, -0.05) is 405 Å². The van der Waals surface area contributed by atoms with Crippen molar-refractivity contribution in [2.24, 2.45) is 21.7 Å². The van der Waals surface area contributed by atoms with Crippen LogP contribution in [0.4, 0.5) is 0 Å². The highest BCUT2D eigenvalue weighted by Gasteiger charge is 2.32. The van der Waals surface area contributed by atoms with Gasteiger partial charge in [0.1, 0.15) is 0 Å². The van der Waals surface area contributed by atoms with E-state index in [4.69, 9.17) is 46.4 Å². The molecular weight excluding hydrogens is 1230 g/mol. The summed E-state index contributed by atoms with van der Waals surface area (Å²) in [6.45, 7) is 0. The lowest BCUT2D eigenvalue weighted by atomic mass is 9.70. The lowest BCUT2D eigenvalue weighted by molar-refractivity contribution is 0.170. The Kier molecular flexibility index (Phi) is 63.8. The first-order chi connectivity index (χ1) is 47.0. The van der Waals surface area contributed by atoms with Crippen molar-refractivity contribution in [3.63, 3.8) is 0 Å². The van der Waals surface area contributed by atoms with Crippen molar-refractivity contribution in [2.45, 2.75) is 533 Å². The zero-order valence-electron chi connectivity index (χ0n) is 65.0. The average molecular weight is 1410 g/mol. The minimum absolute atomic E-state index is 0.553. The van der Waals surface area contributed by atoms with Gasteiger partial charge in [-0.05, 0) is 150 Å². The van der Waals surface area contributed by atoms with Crippen LogP contribution in [0.25, 0.3) is 0 Å². The molecule has 4 aliphatic carbocycles. The number of alkyl halides is 4. The highest BCUT2D eigenvalue weighted by atomic mass is 35.5. The van der Waals surface area contributed by atoms with Crippen molar-refractivity contribution >= 4 is 46.4 Å². The molecule has 0 aliphatic heterocycles. The molecule has 4 heteroatoms. The van der Waals surface area contributed by atoms with Gasteiger partial charge in [-0.15, -0.1) is 46.4 Å². The predicted octanol–water partition coefficient (Wildman–Crippen LogP) is 35.3. The zero-order chi connectivity index (χ0) is 67.5. The Labute approximate surface area is 620 Å². The first-order valence-electron chi connectivity index (χ1n) is 45.2. The van der Waals surface area contributed by atoms with Crippen molar-refractivity contribution < 1.29 is 0 Å². The monoisotopic (exact) mass is 1410 g/mol. The number of hydrogen-bond acceptors (Lipinski definition) is 0. The average Bonchev–Trinajstić information content (AvgIpc) is 1.18. The molecule has 0 nitrogen and oxygen atoms in total. The standard InChI is InChI=1S/C91H174Cl4/c92-84-64-44-60-80-89-72-52-32-20-8-1-2-9-21-33-58-78-91(82-62-46-66-86-94,83-63-47-67-87-95)79-59-43-31-19-6-13-25-37-51-71-88(68-48-34-22-10-3-14-26-38-53-73-89)69-49-35-23-11-4-15-27-39-55-75-90(81-61-45-65-85-93,76-56-40-28-16-5-12-24-36-50-70-88)77-57-42-30-18-7-17-29-41-54-74-89/h1-87H2/t88?,89-,90?/m0/s1. The Hall–Kier alpha value is 1.16. The van der Waals surface area contributed by atoms with Gasteiger partial charge >= 0.3 is 0 Å². The van der Waals surface area contributed by atoms with Crippen molar-refractivity contribution in [3.05, 3.63) is 0 Å². The van der Waals surface area contributed by atoms with E-state index < -0.39 is 0 Å². The molecule has 0 N–H and O–H groups in total. The predicted molar refractivity (Wildman–Crippen MR) is 436 cm³/mol. The van der Waals surface area contributed by atoms with Crippen molar-refractivity contribution in [2.75, 3.05) is 23.5 Å². The topological polar surface area (TPSA) is 0 Å². The fourth-order valence-corrected chi connectivity index (χ4v) is 20.4. The molecule has 3 bridgehead atoms. The van der Waals surface area contributed by atoms with Crippen LogP contribution in [0.15, 0.2) is 0 Å². The fourth-order valence-electron chi connectivity index (χ4n) is 19.7. The molecule has 95 heavy (non-hydrogen) atoms. The van der Waals surface area contributed by atoms with E-state index in [1.807, 2.05) is 0 Å². The third kappa shape index (κ3) is 51.9. The van der Waals surface area contributed by atoms with Crippen LogP contribution in [0.5, 0.6) is 0 Å². The fraction of sp³-hybridized carbons (Fsp3) is 1.00. The van der Waals surface area contributed by atoms with Crippen LogP contribution in [0, 0.1) is 21.7 Å². The molecule has 0 aromatic rings. The van der Waals surface area contributed by atoms with Crippen molar-refractivity contribution in [1.82, 2.24) is 0 Å². The maximum Gasteiger partial charge on any atom is 0.0223 e. The van der Waals surface area contributed by atoms with E-state index in [1.54, 1.807) is 0 Å². The molecule has 0 aromatic heterocycles. The summed E-state index contributed by atoms with van der Waals surface area (Å²) in [5, 5.41) is 0. The minimum Gasteiger partial charge on any atom is -0.127 e. The molecule has 1 spiro atoms. The lowest BCUT2D eigenvalue weighted by Gasteiger charge is -2.35. The molecule has 0 aromatic carbocycles. The van der Waals surface area contributed by atoms with Crippen LogP contribution in [-0.2, 0) is 0 Å². The smallest absolute Gasteiger partial charge is 0.0223 e. The summed E-state index contributed by atoms with van der Waals surface area (Å²) in [4.78, 5) is 0. The second kappa shape index (κ2) is 67.1. The van der Waals surface area contributed by atoms with Gasteiger partial charge in [0, 0.05) is 23.5 Å². The Morgan fingerprint density at radius 3 is 0.463 bits per heavy atom. The highest BCUT2D eigenvalue weighted by molar-refractivity contribution is 6.18. The van der Waals surface area contributed by atoms with E-state index in [9.17, 15) is 0 Å². The molecule has 0 unspecified atom stereocenters. The first kappa shape index (κ1) is 90.4. The molecule has 4 rings (SSSR count). The minimum atomic E-state index is 0.553. The van der Waals surface area contributed by atoms with Crippen molar-refractivity contribution in [1.29, 1.82) is 0 Å². The Balaban J connectivity index is 1.87. The SMILES string of the molecule is ClCCCCCC1(CCCCCCl)CCCCCCCCCCCC[C@@]2(CCCCCCl)CCCCCCCCCCCC3(CCCCCCl)CCCCCCCCCCCC(CCCCCCCCCCC1)(CCCCCCCCCCC3)CCCCCCCCCCC2. The largest absolute Gasteiger partial charge is 0.127 e. The van der Waals surface area contributed by atoms with E-state index in [0.717, 1.165) is 23.5 Å². The molecular formula is C91H174Cl4. The molecule has 1 atom stereocenters. The van der Waals surface area contributed by atoms with E-state index >= 15 is 0 Å². The Morgan fingerprint density at radius 2 is 0.284 bits per heavy atom. The highest BCUT2D eigenvalue weighted by Crippen LogP contribution is 2.47. The summed E-state index contributed by atoms with van der Waals surface area (Å²) in [5.74, 6) is 3.35. The summed E-state index contributed by atoms with van der Waals surface area (Å²) in [6, 6.07) is 0. The van der Waals surface area contributed by atoms with E-state index in [0.29, 0.717) is 21.7 Å². The third-order valence-electron chi connectivity index (χ3n) is 26.1. The summed E-state index contributed by atoms with van der Waals surface area (Å²) in [5.41, 5.74) is 2.34. The van der Waals surface area contributed by atoms with Crippen LogP contribution in [0.1, 0.15) is 533 Å². The van der Waals surface area contributed by atoms with Crippen LogP contribution in [0.2, 0.25) is 0 Å². The van der Waals surface area contributed by atoms with Gasteiger partial charge in [0.25, 0.3) is 0 Å². The zero-order valence-corrected chi connectivity index (χ0v) is 68.1. The van der Waals surface area contributed by atoms with Gasteiger partial charge in [-0.25, -0.2) is 0 Å². The Morgan fingerprint density at radius 1 is 0.137 bits per heavy atom. The van der Waals surface area contributed by atoms with Crippen molar-refractivity contribution in [3.8, 4) is 0 Å². The number of fused-ring (bicyclic) bond motifs is 30. The van der Waals surface area contributed by atoms with E-state index in [2.05, 4.69) is 0 Å². The number of unbranched alkanes of at least 4 members (excludes halogenated alkanes) is 8. The second-order valence-electron chi connectivity index (χ2n) is 34.4. The van der Waals surface area contributed by atoms with E-state index in [1.165, 1.54) is 533 Å². The maximum atomic E-state index is 6.35. The molecule has 566 valence electrons. The molecule has 4 saturated carbocycles. The normalized spacial score (nSPS) is 26.7. The summed E-state index contributed by atoms with van der Waals surface area (Å²) < 4.78 is 0. The molecule has 4 aliphatic rings. The molecule has 0 amide bonds. The summed E-state index contributed by atoms with van der Waals surface area (Å²) in [7, 11) is 0. The summed E-state index contributed by atoms with van der Waals surface area (Å²) in [6.07, 6.45) is 121. The lowest BCUT2D eigenvalue weighted by Crippen LogP contribution is -2.21. The van der Waals surface area contributed by atoms with Crippen LogP contribution < -0.4 is 0 Å². The summed E-state index contributed by atoms with van der Waals surface area (Å²) >= 11 is 25.2. The number of halogens is 4. The number of rotatable bonds is 20. The van der Waals surface area contributed by atoms with Gasteiger partial charge in [0.2, 0.25) is 0 Å². The second-order valence-corrected chi connectivity index (χ2v) is 36.0. The van der Waals surface area contributed by atoms with Gasteiger partial charge in [-0.2, -0.15) is 0 Å². The quantitative estimate of drug-likeness (QED) is 0.0842. The Bertz CT molecular complexity index is 1480. The van der Waals surface area contributed by atoms with E-state index in [-0.39, 0.29) is 0 Å². The molecule has 0 heterocycles. The van der Waals surface area contributed by atoms with Crippen LogP contribution in [-0.4, -0.2) is 23.5 Å². The van der Waals surface area contributed by atoms with Gasteiger partial charge < -0.3 is 0 Å². The van der Waals surface area contributed by atoms with Crippen LogP contribution in [0.3, 0.4) is 0 Å². The van der Waals surface area contributed by atoms with Gasteiger partial charge in [0.05, 0.1) is 0 Å². The van der Waals surface area contributed by atoms with Gasteiger partial charge in [0.15, 0.2) is 0 Å². The van der Waals surface area contributed by atoms with Gasteiger partial charge in [-0.3, -0.25) is 0 Å². The number of hydrogen-bond donors (Lipinski definition) is 0.